The van der Waals surface area contributed by atoms with Crippen molar-refractivity contribution in [1.82, 2.24) is 4.98 Å². The van der Waals surface area contributed by atoms with Gasteiger partial charge in [-0.25, -0.2) is 4.98 Å². The van der Waals surface area contributed by atoms with Crippen LogP contribution in [0.1, 0.15) is 18.1 Å². The van der Waals surface area contributed by atoms with Crippen molar-refractivity contribution in [2.45, 2.75) is 20.3 Å². The highest BCUT2D eigenvalue weighted by Crippen LogP contribution is 2.28. The van der Waals surface area contributed by atoms with Gasteiger partial charge >= 0.3 is 0 Å². The average molecular weight is 192 g/mol. The number of rotatable bonds is 1. The van der Waals surface area contributed by atoms with Gasteiger partial charge in [-0.1, -0.05) is 24.3 Å². The minimum absolute atomic E-state index is 0.662. The summed E-state index contributed by atoms with van der Waals surface area (Å²) in [6.45, 7) is 4.27. The van der Waals surface area contributed by atoms with E-state index >= 15 is 0 Å². The number of hydrogen-bond acceptors (Lipinski definition) is 3. The summed E-state index contributed by atoms with van der Waals surface area (Å²) >= 11 is 1.56. The molecule has 0 aliphatic heterocycles. The van der Waals surface area contributed by atoms with Crippen molar-refractivity contribution in [2.24, 2.45) is 0 Å². The van der Waals surface area contributed by atoms with Crippen LogP contribution in [0.5, 0.6) is 0 Å². The molecule has 2 rings (SSSR count). The monoisotopic (exact) mass is 192 g/mol. The van der Waals surface area contributed by atoms with Gasteiger partial charge in [0.2, 0.25) is 0 Å². The van der Waals surface area contributed by atoms with Crippen LogP contribution >= 0.6 is 11.3 Å². The first-order chi connectivity index (χ1) is 6.22. The highest BCUT2D eigenvalue weighted by molar-refractivity contribution is 7.22. The first-order valence-corrected chi connectivity index (χ1v) is 5.18. The third kappa shape index (κ3) is 1.29. The SMILES string of the molecule is CCc1c(C)ccc2sc(N)nc12. The Balaban J connectivity index is 2.82. The van der Waals surface area contributed by atoms with E-state index in [0.717, 1.165) is 11.9 Å². The number of nitrogen functional groups attached to an aromatic ring is 1. The predicted octanol–water partition coefficient (Wildman–Crippen LogP) is 2.75. The normalized spacial score (nSPS) is 10.9. The molecule has 0 saturated heterocycles. The molecule has 1 heterocycles. The molecule has 2 nitrogen and oxygen atoms in total. The van der Waals surface area contributed by atoms with Gasteiger partial charge in [0, 0.05) is 0 Å². The minimum atomic E-state index is 0.662. The molecule has 2 aromatic rings. The fourth-order valence-electron chi connectivity index (χ4n) is 1.61. The van der Waals surface area contributed by atoms with Crippen LogP contribution in [0.15, 0.2) is 12.1 Å². The van der Waals surface area contributed by atoms with Crippen LogP contribution in [-0.4, -0.2) is 4.98 Å². The summed E-state index contributed by atoms with van der Waals surface area (Å²) in [7, 11) is 0. The molecule has 0 saturated carbocycles. The maximum atomic E-state index is 5.67. The maximum absolute atomic E-state index is 5.67. The van der Waals surface area contributed by atoms with Gasteiger partial charge in [0.1, 0.15) is 0 Å². The van der Waals surface area contributed by atoms with E-state index in [2.05, 4.69) is 31.0 Å². The smallest absolute Gasteiger partial charge is 0.181 e. The number of hydrogen-bond donors (Lipinski definition) is 1. The number of nitrogens with two attached hydrogens (primary N) is 1. The van der Waals surface area contributed by atoms with Crippen LogP contribution in [0.4, 0.5) is 5.13 Å². The van der Waals surface area contributed by atoms with Crippen LogP contribution in [0, 0.1) is 6.92 Å². The number of benzene rings is 1. The summed E-state index contributed by atoms with van der Waals surface area (Å²) in [6, 6.07) is 4.23. The van der Waals surface area contributed by atoms with Gasteiger partial charge in [-0.15, -0.1) is 0 Å². The molecule has 0 amide bonds. The summed E-state index contributed by atoms with van der Waals surface area (Å²) in [5.74, 6) is 0. The lowest BCUT2D eigenvalue weighted by Crippen LogP contribution is -1.88. The fourth-order valence-corrected chi connectivity index (χ4v) is 2.38. The first kappa shape index (κ1) is 8.51. The topological polar surface area (TPSA) is 38.9 Å². The van der Waals surface area contributed by atoms with Crippen LogP contribution in [0.25, 0.3) is 10.2 Å². The molecule has 68 valence electrons. The molecular formula is C10H12N2S. The molecular weight excluding hydrogens is 180 g/mol. The molecule has 0 unspecified atom stereocenters. The summed E-state index contributed by atoms with van der Waals surface area (Å²) < 4.78 is 1.19. The Labute approximate surface area is 81.4 Å². The Morgan fingerprint density at radius 3 is 2.92 bits per heavy atom. The van der Waals surface area contributed by atoms with E-state index in [-0.39, 0.29) is 0 Å². The number of aryl methyl sites for hydroxylation is 2. The van der Waals surface area contributed by atoms with Crippen molar-refractivity contribution in [3.8, 4) is 0 Å². The summed E-state index contributed by atoms with van der Waals surface area (Å²) in [5, 5.41) is 0.662. The lowest BCUT2D eigenvalue weighted by Gasteiger charge is -2.01. The van der Waals surface area contributed by atoms with Crippen molar-refractivity contribution in [1.29, 1.82) is 0 Å². The maximum Gasteiger partial charge on any atom is 0.181 e. The standard InChI is InChI=1S/C10H12N2S/c1-3-7-6(2)4-5-8-9(7)12-10(11)13-8/h4-5H,3H2,1-2H3,(H2,11,12). The van der Waals surface area contributed by atoms with Gasteiger partial charge < -0.3 is 5.73 Å². The molecule has 0 atom stereocenters. The number of thiazole rings is 1. The molecule has 13 heavy (non-hydrogen) atoms. The van der Waals surface area contributed by atoms with E-state index < -0.39 is 0 Å². The van der Waals surface area contributed by atoms with E-state index in [1.807, 2.05) is 0 Å². The second-order valence-corrected chi connectivity index (χ2v) is 4.18. The molecule has 0 fully saturated rings. The van der Waals surface area contributed by atoms with Crippen LogP contribution < -0.4 is 5.73 Å². The number of fused-ring (bicyclic) bond motifs is 1. The molecule has 2 N–H and O–H groups in total. The second kappa shape index (κ2) is 3.00. The molecule has 0 bridgehead atoms. The van der Waals surface area contributed by atoms with Crippen molar-refractivity contribution < 1.29 is 0 Å². The molecule has 0 radical (unpaired) electrons. The van der Waals surface area contributed by atoms with E-state index in [4.69, 9.17) is 5.73 Å². The quantitative estimate of drug-likeness (QED) is 0.754. The van der Waals surface area contributed by atoms with Crippen molar-refractivity contribution in [2.75, 3.05) is 5.73 Å². The van der Waals surface area contributed by atoms with Crippen molar-refractivity contribution in [3.63, 3.8) is 0 Å². The Morgan fingerprint density at radius 1 is 1.46 bits per heavy atom. The molecule has 1 aromatic heterocycles. The molecule has 0 aliphatic carbocycles. The fraction of sp³-hybridized carbons (Fsp3) is 0.300. The third-order valence-corrected chi connectivity index (χ3v) is 3.12. The second-order valence-electron chi connectivity index (χ2n) is 3.11. The van der Waals surface area contributed by atoms with Gasteiger partial charge in [-0.2, -0.15) is 0 Å². The predicted molar refractivity (Wildman–Crippen MR) is 58.1 cm³/mol. The molecule has 3 heteroatoms. The molecule has 1 aromatic carbocycles. The van der Waals surface area contributed by atoms with Gasteiger partial charge in [-0.05, 0) is 30.5 Å². The lowest BCUT2D eigenvalue weighted by atomic mass is 10.1. The van der Waals surface area contributed by atoms with Crippen molar-refractivity contribution >= 4 is 26.7 Å². The Hall–Kier alpha value is -1.09. The van der Waals surface area contributed by atoms with E-state index in [9.17, 15) is 0 Å². The van der Waals surface area contributed by atoms with Gasteiger partial charge in [-0.3, -0.25) is 0 Å². The lowest BCUT2D eigenvalue weighted by molar-refractivity contribution is 1.12. The zero-order valence-electron chi connectivity index (χ0n) is 7.79. The summed E-state index contributed by atoms with van der Waals surface area (Å²) in [4.78, 5) is 4.34. The van der Waals surface area contributed by atoms with E-state index in [1.165, 1.54) is 15.8 Å². The Kier molecular flexibility index (Phi) is 1.96. The minimum Gasteiger partial charge on any atom is -0.375 e. The third-order valence-electron chi connectivity index (χ3n) is 2.27. The van der Waals surface area contributed by atoms with E-state index in [1.54, 1.807) is 11.3 Å². The number of aromatic nitrogens is 1. The average Bonchev–Trinajstić information content (AvgIpc) is 2.45. The van der Waals surface area contributed by atoms with Crippen LogP contribution in [-0.2, 0) is 6.42 Å². The van der Waals surface area contributed by atoms with Gasteiger partial charge in [0.05, 0.1) is 10.2 Å². The van der Waals surface area contributed by atoms with Crippen LogP contribution in [0.2, 0.25) is 0 Å². The number of anilines is 1. The van der Waals surface area contributed by atoms with Crippen molar-refractivity contribution in [3.05, 3.63) is 23.3 Å². The zero-order chi connectivity index (χ0) is 9.42. The Bertz CT molecular complexity index is 445. The largest absolute Gasteiger partial charge is 0.375 e. The molecule has 0 aliphatic rings. The summed E-state index contributed by atoms with van der Waals surface area (Å²) in [5.41, 5.74) is 9.39. The highest BCUT2D eigenvalue weighted by atomic mass is 32.1. The van der Waals surface area contributed by atoms with Gasteiger partial charge in [0.25, 0.3) is 0 Å². The van der Waals surface area contributed by atoms with Crippen LogP contribution in [0.3, 0.4) is 0 Å². The highest BCUT2D eigenvalue weighted by Gasteiger charge is 2.06. The zero-order valence-corrected chi connectivity index (χ0v) is 8.61. The Morgan fingerprint density at radius 2 is 2.23 bits per heavy atom. The summed E-state index contributed by atoms with van der Waals surface area (Å²) in [6.07, 6.45) is 1.02. The van der Waals surface area contributed by atoms with Gasteiger partial charge in [0.15, 0.2) is 5.13 Å². The van der Waals surface area contributed by atoms with E-state index in [0.29, 0.717) is 5.13 Å². The first-order valence-electron chi connectivity index (χ1n) is 4.37. The molecule has 0 spiro atoms. The number of nitrogens with zero attached hydrogens (tertiary/aromatic N) is 1.